The number of methoxy groups -OCH3 is 1. The zero-order chi connectivity index (χ0) is 14.5. The summed E-state index contributed by atoms with van der Waals surface area (Å²) in [6.45, 7) is 8.50. The molecule has 4 heteroatoms. The van der Waals surface area contributed by atoms with E-state index in [1.54, 1.807) is 7.11 Å². The first-order valence-corrected chi connectivity index (χ1v) is 6.70. The Morgan fingerprint density at radius 1 is 1.37 bits per heavy atom. The van der Waals surface area contributed by atoms with Gasteiger partial charge in [-0.05, 0) is 38.1 Å². The Morgan fingerprint density at radius 3 is 2.53 bits per heavy atom. The highest BCUT2D eigenvalue weighted by Gasteiger charge is 2.18. The van der Waals surface area contributed by atoms with Crippen molar-refractivity contribution in [3.63, 3.8) is 0 Å². The Morgan fingerprint density at radius 2 is 2.05 bits per heavy atom. The zero-order valence-electron chi connectivity index (χ0n) is 12.4. The topological polar surface area (TPSA) is 58.7 Å². The lowest BCUT2D eigenvalue weighted by atomic mass is 10.1. The second-order valence-electron chi connectivity index (χ2n) is 5.47. The number of ether oxygens (including phenoxy) is 1. The van der Waals surface area contributed by atoms with E-state index in [1.807, 2.05) is 26.0 Å². The van der Waals surface area contributed by atoms with Crippen molar-refractivity contribution in [3.05, 3.63) is 29.3 Å². The first-order chi connectivity index (χ1) is 8.89. The average molecular weight is 266 g/mol. The summed E-state index contributed by atoms with van der Waals surface area (Å²) in [5.41, 5.74) is 7.18. The van der Waals surface area contributed by atoms with Crippen LogP contribution in [0.4, 0.5) is 0 Å². The van der Waals surface area contributed by atoms with E-state index in [0.29, 0.717) is 13.1 Å². The van der Waals surface area contributed by atoms with Gasteiger partial charge in [0, 0.05) is 25.2 Å². The number of nitrogens with two attached hydrogens (primary N) is 1. The maximum Gasteiger partial charge on any atom is 0.123 e. The molecule has 1 rings (SSSR count). The molecule has 0 fully saturated rings. The molecule has 1 aromatic rings. The van der Waals surface area contributed by atoms with Crippen molar-refractivity contribution < 1.29 is 9.84 Å². The van der Waals surface area contributed by atoms with Crippen LogP contribution in [0, 0.1) is 0 Å². The van der Waals surface area contributed by atoms with E-state index in [9.17, 15) is 5.11 Å². The van der Waals surface area contributed by atoms with Crippen molar-refractivity contribution in [1.82, 2.24) is 4.90 Å². The van der Waals surface area contributed by atoms with Crippen LogP contribution in [0.2, 0.25) is 0 Å². The van der Waals surface area contributed by atoms with Crippen LogP contribution >= 0.6 is 0 Å². The molecule has 19 heavy (non-hydrogen) atoms. The molecule has 4 nitrogen and oxygen atoms in total. The SMILES string of the molecule is CCN(Cc1cc(CN)ccc1OC)CC(C)(C)O. The molecule has 0 saturated carbocycles. The quantitative estimate of drug-likeness (QED) is 0.789. The molecule has 0 spiro atoms. The van der Waals surface area contributed by atoms with E-state index in [4.69, 9.17) is 10.5 Å². The van der Waals surface area contributed by atoms with Crippen molar-refractivity contribution >= 4 is 0 Å². The van der Waals surface area contributed by atoms with E-state index < -0.39 is 5.60 Å². The summed E-state index contributed by atoms with van der Waals surface area (Å²) in [6, 6.07) is 6.01. The van der Waals surface area contributed by atoms with Gasteiger partial charge in [0.25, 0.3) is 0 Å². The minimum absolute atomic E-state index is 0.522. The highest BCUT2D eigenvalue weighted by molar-refractivity contribution is 5.37. The van der Waals surface area contributed by atoms with Crippen LogP contribution in [0.3, 0.4) is 0 Å². The minimum Gasteiger partial charge on any atom is -0.496 e. The van der Waals surface area contributed by atoms with Gasteiger partial charge in [0.05, 0.1) is 12.7 Å². The average Bonchev–Trinajstić information content (AvgIpc) is 2.36. The normalized spacial score (nSPS) is 11.9. The van der Waals surface area contributed by atoms with Gasteiger partial charge in [0.15, 0.2) is 0 Å². The summed E-state index contributed by atoms with van der Waals surface area (Å²) < 4.78 is 5.39. The summed E-state index contributed by atoms with van der Waals surface area (Å²) in [6.07, 6.45) is 0. The third-order valence-corrected chi connectivity index (χ3v) is 3.03. The zero-order valence-corrected chi connectivity index (χ0v) is 12.4. The third-order valence-electron chi connectivity index (χ3n) is 3.03. The van der Waals surface area contributed by atoms with Gasteiger partial charge in [-0.3, -0.25) is 4.90 Å². The van der Waals surface area contributed by atoms with Crippen LogP contribution in [0.25, 0.3) is 0 Å². The molecule has 0 unspecified atom stereocenters. The van der Waals surface area contributed by atoms with Gasteiger partial charge in [-0.15, -0.1) is 0 Å². The monoisotopic (exact) mass is 266 g/mol. The van der Waals surface area contributed by atoms with Crippen molar-refractivity contribution in [3.8, 4) is 5.75 Å². The maximum atomic E-state index is 9.93. The van der Waals surface area contributed by atoms with Gasteiger partial charge in [-0.1, -0.05) is 13.0 Å². The Kier molecular flexibility index (Phi) is 5.79. The lowest BCUT2D eigenvalue weighted by molar-refractivity contribution is 0.0351. The first-order valence-electron chi connectivity index (χ1n) is 6.70. The van der Waals surface area contributed by atoms with Crippen molar-refractivity contribution in [2.45, 2.75) is 39.5 Å². The Labute approximate surface area is 116 Å². The molecular weight excluding hydrogens is 240 g/mol. The third kappa shape index (κ3) is 5.19. The molecule has 0 bridgehead atoms. The van der Waals surface area contributed by atoms with Crippen LogP contribution in [0.5, 0.6) is 5.75 Å². The number of hydrogen-bond donors (Lipinski definition) is 2. The fraction of sp³-hybridized carbons (Fsp3) is 0.600. The molecule has 108 valence electrons. The number of nitrogens with zero attached hydrogens (tertiary/aromatic N) is 1. The molecule has 1 aromatic carbocycles. The summed E-state index contributed by atoms with van der Waals surface area (Å²) >= 11 is 0. The van der Waals surface area contributed by atoms with E-state index in [1.165, 1.54) is 0 Å². The standard InChI is InChI=1S/C15H26N2O2/c1-5-17(11-15(2,3)18)10-13-8-12(9-16)6-7-14(13)19-4/h6-8,18H,5,9-11,16H2,1-4H3. The first kappa shape index (κ1) is 16.0. The molecule has 0 saturated heterocycles. The van der Waals surface area contributed by atoms with Crippen molar-refractivity contribution in [2.75, 3.05) is 20.2 Å². The number of likely N-dealkylation sites (N-methyl/N-ethyl adjacent to an activating group) is 1. The molecule has 0 heterocycles. The molecule has 0 aliphatic rings. The molecule has 0 atom stereocenters. The van der Waals surface area contributed by atoms with Gasteiger partial charge in [0.2, 0.25) is 0 Å². The Hall–Kier alpha value is -1.10. The van der Waals surface area contributed by atoms with E-state index in [2.05, 4.69) is 17.9 Å². The summed E-state index contributed by atoms with van der Waals surface area (Å²) in [5, 5.41) is 9.93. The van der Waals surface area contributed by atoms with Crippen molar-refractivity contribution in [2.24, 2.45) is 5.73 Å². The van der Waals surface area contributed by atoms with Gasteiger partial charge >= 0.3 is 0 Å². The molecule has 0 aliphatic heterocycles. The van der Waals surface area contributed by atoms with Crippen LogP contribution in [-0.2, 0) is 13.1 Å². The lowest BCUT2D eigenvalue weighted by Gasteiger charge is -2.28. The molecule has 0 radical (unpaired) electrons. The van der Waals surface area contributed by atoms with Gasteiger partial charge in [-0.25, -0.2) is 0 Å². The fourth-order valence-corrected chi connectivity index (χ4v) is 2.15. The second kappa shape index (κ2) is 6.89. The lowest BCUT2D eigenvalue weighted by Crippen LogP contribution is -2.38. The molecular formula is C15H26N2O2. The second-order valence-corrected chi connectivity index (χ2v) is 5.47. The maximum absolute atomic E-state index is 9.93. The van der Waals surface area contributed by atoms with Crippen molar-refractivity contribution in [1.29, 1.82) is 0 Å². The van der Waals surface area contributed by atoms with Crippen LogP contribution in [0.15, 0.2) is 18.2 Å². The smallest absolute Gasteiger partial charge is 0.123 e. The number of aliphatic hydroxyl groups is 1. The fourth-order valence-electron chi connectivity index (χ4n) is 2.15. The Bertz CT molecular complexity index is 400. The summed E-state index contributed by atoms with van der Waals surface area (Å²) in [7, 11) is 1.67. The summed E-state index contributed by atoms with van der Waals surface area (Å²) in [5.74, 6) is 0.867. The van der Waals surface area contributed by atoms with E-state index in [0.717, 1.165) is 30.0 Å². The predicted molar refractivity (Wildman–Crippen MR) is 78.1 cm³/mol. The molecule has 0 aromatic heterocycles. The van der Waals surface area contributed by atoms with Gasteiger partial charge in [0.1, 0.15) is 5.75 Å². The Balaban J connectivity index is 2.88. The molecule has 0 amide bonds. The number of hydrogen-bond acceptors (Lipinski definition) is 4. The molecule has 0 aliphatic carbocycles. The number of benzene rings is 1. The predicted octanol–water partition coefficient (Wildman–Crippen LogP) is 1.75. The highest BCUT2D eigenvalue weighted by Crippen LogP contribution is 2.22. The largest absolute Gasteiger partial charge is 0.496 e. The van der Waals surface area contributed by atoms with Crippen LogP contribution in [-0.4, -0.2) is 35.8 Å². The van der Waals surface area contributed by atoms with Gasteiger partial charge < -0.3 is 15.6 Å². The van der Waals surface area contributed by atoms with Crippen LogP contribution in [0.1, 0.15) is 31.9 Å². The van der Waals surface area contributed by atoms with E-state index >= 15 is 0 Å². The molecule has 3 N–H and O–H groups in total. The summed E-state index contributed by atoms with van der Waals surface area (Å²) in [4.78, 5) is 2.19. The van der Waals surface area contributed by atoms with E-state index in [-0.39, 0.29) is 0 Å². The number of rotatable bonds is 7. The highest BCUT2D eigenvalue weighted by atomic mass is 16.5. The minimum atomic E-state index is -0.700. The van der Waals surface area contributed by atoms with Crippen LogP contribution < -0.4 is 10.5 Å². The van der Waals surface area contributed by atoms with Gasteiger partial charge in [-0.2, -0.15) is 0 Å².